The van der Waals surface area contributed by atoms with E-state index < -0.39 is 0 Å². The Hall–Kier alpha value is -2.16. The molecule has 0 spiro atoms. The van der Waals surface area contributed by atoms with E-state index in [1.807, 2.05) is 48.5 Å². The van der Waals surface area contributed by atoms with Crippen LogP contribution < -0.4 is 14.2 Å². The molecule has 0 fully saturated rings. The molecule has 3 nitrogen and oxygen atoms in total. The van der Waals surface area contributed by atoms with Crippen LogP contribution in [0.4, 0.5) is 0 Å². The first-order valence-corrected chi connectivity index (χ1v) is 8.17. The van der Waals surface area contributed by atoms with Crippen LogP contribution >= 0.6 is 0 Å². The zero-order valence-corrected chi connectivity index (χ0v) is 14.4. The van der Waals surface area contributed by atoms with Crippen molar-refractivity contribution in [3.05, 3.63) is 48.5 Å². The topological polar surface area (TPSA) is 27.7 Å². The summed E-state index contributed by atoms with van der Waals surface area (Å²) in [6.07, 6.45) is 0. The van der Waals surface area contributed by atoms with Gasteiger partial charge in [-0.25, -0.2) is 0 Å². The van der Waals surface area contributed by atoms with Gasteiger partial charge in [0.25, 0.3) is 0 Å². The third kappa shape index (κ3) is 5.85. The van der Waals surface area contributed by atoms with Crippen LogP contribution in [0, 0.1) is 11.8 Å². The van der Waals surface area contributed by atoms with Crippen molar-refractivity contribution in [2.75, 3.05) is 13.2 Å². The van der Waals surface area contributed by atoms with Crippen LogP contribution in [0.15, 0.2) is 48.5 Å². The van der Waals surface area contributed by atoms with Crippen LogP contribution in [0.2, 0.25) is 0 Å². The molecular weight excluding hydrogens is 288 g/mol. The Morgan fingerprint density at radius 3 is 2.00 bits per heavy atom. The van der Waals surface area contributed by atoms with Crippen LogP contribution in [0.1, 0.15) is 27.7 Å². The molecule has 0 radical (unpaired) electrons. The van der Waals surface area contributed by atoms with Gasteiger partial charge in [-0.2, -0.15) is 0 Å². The van der Waals surface area contributed by atoms with Gasteiger partial charge in [-0.3, -0.25) is 0 Å². The van der Waals surface area contributed by atoms with E-state index >= 15 is 0 Å². The maximum Gasteiger partial charge on any atom is 0.172 e. The average Bonchev–Trinajstić information content (AvgIpc) is 2.53. The number of hydrogen-bond donors (Lipinski definition) is 0. The Morgan fingerprint density at radius 2 is 1.35 bits per heavy atom. The first-order chi connectivity index (χ1) is 11.0. The van der Waals surface area contributed by atoms with Crippen LogP contribution in [-0.2, 0) is 0 Å². The quantitative estimate of drug-likeness (QED) is 0.639. The molecule has 0 bridgehead atoms. The molecule has 23 heavy (non-hydrogen) atoms. The number of hydrogen-bond acceptors (Lipinski definition) is 3. The van der Waals surface area contributed by atoms with Gasteiger partial charge in [0.05, 0.1) is 13.2 Å². The summed E-state index contributed by atoms with van der Waals surface area (Å²) in [6.45, 7) is 9.83. The predicted octanol–water partition coefficient (Wildman–Crippen LogP) is 5.55. The minimum Gasteiger partial charge on any atom is -0.493 e. The van der Waals surface area contributed by atoms with Crippen molar-refractivity contribution in [2.24, 2.45) is 11.8 Å². The van der Waals surface area contributed by atoms with Gasteiger partial charge in [-0.15, -0.1) is 0 Å². The lowest BCUT2D eigenvalue weighted by atomic mass is 10.2. The lowest BCUT2D eigenvalue weighted by molar-refractivity contribution is 0.255. The fraction of sp³-hybridized carbons (Fsp3) is 0.400. The number of benzene rings is 2. The molecule has 0 atom stereocenters. The highest BCUT2D eigenvalue weighted by molar-refractivity contribution is 5.47. The van der Waals surface area contributed by atoms with Gasteiger partial charge in [-0.1, -0.05) is 45.9 Å². The second kappa shape index (κ2) is 8.47. The summed E-state index contributed by atoms with van der Waals surface area (Å²) in [5, 5.41) is 0. The SMILES string of the molecule is CC(C)COc1ccc(OCC(C)C)c(Oc2ccccc2)c1. The molecule has 124 valence electrons. The minimum atomic E-state index is 0.455. The van der Waals surface area contributed by atoms with Crippen molar-refractivity contribution in [2.45, 2.75) is 27.7 Å². The third-order valence-electron chi connectivity index (χ3n) is 3.04. The summed E-state index contributed by atoms with van der Waals surface area (Å²) in [5.41, 5.74) is 0. The van der Waals surface area contributed by atoms with Gasteiger partial charge >= 0.3 is 0 Å². The summed E-state index contributed by atoms with van der Waals surface area (Å²) >= 11 is 0. The molecule has 0 heterocycles. The number of rotatable bonds is 8. The zero-order chi connectivity index (χ0) is 16.7. The number of ether oxygens (including phenoxy) is 3. The molecular formula is C20H26O3. The maximum absolute atomic E-state index is 5.98. The van der Waals surface area contributed by atoms with E-state index in [2.05, 4.69) is 27.7 Å². The standard InChI is InChI=1S/C20H26O3/c1-15(2)13-21-18-10-11-19(22-14-16(3)4)20(12-18)23-17-8-6-5-7-9-17/h5-12,15-16H,13-14H2,1-4H3. The van der Waals surface area contributed by atoms with E-state index in [1.165, 1.54) is 0 Å². The Kier molecular flexibility index (Phi) is 6.33. The first-order valence-electron chi connectivity index (χ1n) is 8.17. The summed E-state index contributed by atoms with van der Waals surface area (Å²) < 4.78 is 17.6. The lowest BCUT2D eigenvalue weighted by Crippen LogP contribution is -2.07. The van der Waals surface area contributed by atoms with E-state index in [9.17, 15) is 0 Å². The van der Waals surface area contributed by atoms with E-state index in [0.29, 0.717) is 30.8 Å². The monoisotopic (exact) mass is 314 g/mol. The Bertz CT molecular complexity index is 591. The zero-order valence-electron chi connectivity index (χ0n) is 14.4. The molecule has 0 aliphatic heterocycles. The molecule has 0 N–H and O–H groups in total. The molecule has 2 aromatic carbocycles. The second-order valence-corrected chi connectivity index (χ2v) is 6.43. The molecule has 2 rings (SSSR count). The van der Waals surface area contributed by atoms with Crippen LogP contribution in [0.3, 0.4) is 0 Å². The smallest absolute Gasteiger partial charge is 0.172 e. The molecule has 0 aliphatic rings. The Balaban J connectivity index is 2.19. The van der Waals surface area contributed by atoms with Crippen molar-refractivity contribution >= 4 is 0 Å². The van der Waals surface area contributed by atoms with Gasteiger partial charge < -0.3 is 14.2 Å². The van der Waals surface area contributed by atoms with Gasteiger partial charge in [0.15, 0.2) is 11.5 Å². The van der Waals surface area contributed by atoms with Gasteiger partial charge in [0.2, 0.25) is 0 Å². The fourth-order valence-electron chi connectivity index (χ4n) is 1.91. The van der Waals surface area contributed by atoms with Crippen LogP contribution in [0.25, 0.3) is 0 Å². The van der Waals surface area contributed by atoms with Crippen molar-refractivity contribution in [1.82, 2.24) is 0 Å². The van der Waals surface area contributed by atoms with E-state index in [0.717, 1.165) is 17.2 Å². The molecule has 3 heteroatoms. The second-order valence-electron chi connectivity index (χ2n) is 6.43. The fourth-order valence-corrected chi connectivity index (χ4v) is 1.91. The van der Waals surface area contributed by atoms with Crippen molar-refractivity contribution < 1.29 is 14.2 Å². The molecule has 0 unspecified atom stereocenters. The minimum absolute atomic E-state index is 0.455. The molecule has 0 amide bonds. The van der Waals surface area contributed by atoms with Gasteiger partial charge in [0, 0.05) is 6.07 Å². The highest BCUT2D eigenvalue weighted by Gasteiger charge is 2.10. The summed E-state index contributed by atoms with van der Waals surface area (Å²) in [6, 6.07) is 15.4. The van der Waals surface area contributed by atoms with Crippen LogP contribution in [0.5, 0.6) is 23.0 Å². The normalized spacial score (nSPS) is 10.9. The molecule has 0 saturated carbocycles. The highest BCUT2D eigenvalue weighted by atomic mass is 16.5. The average molecular weight is 314 g/mol. The Labute approximate surface area is 139 Å². The van der Waals surface area contributed by atoms with E-state index in [1.54, 1.807) is 0 Å². The van der Waals surface area contributed by atoms with E-state index in [4.69, 9.17) is 14.2 Å². The summed E-state index contributed by atoms with van der Waals surface area (Å²) in [5.74, 6) is 3.92. The van der Waals surface area contributed by atoms with Crippen LogP contribution in [-0.4, -0.2) is 13.2 Å². The van der Waals surface area contributed by atoms with Crippen molar-refractivity contribution in [1.29, 1.82) is 0 Å². The highest BCUT2D eigenvalue weighted by Crippen LogP contribution is 2.35. The van der Waals surface area contributed by atoms with Crippen molar-refractivity contribution in [3.8, 4) is 23.0 Å². The van der Waals surface area contributed by atoms with Crippen molar-refractivity contribution in [3.63, 3.8) is 0 Å². The summed E-state index contributed by atoms with van der Waals surface area (Å²) in [7, 11) is 0. The Morgan fingerprint density at radius 1 is 0.696 bits per heavy atom. The number of para-hydroxylation sites is 1. The summed E-state index contributed by atoms with van der Waals surface area (Å²) in [4.78, 5) is 0. The largest absolute Gasteiger partial charge is 0.493 e. The third-order valence-corrected chi connectivity index (χ3v) is 3.04. The molecule has 0 aliphatic carbocycles. The first kappa shape index (κ1) is 17.2. The van der Waals surface area contributed by atoms with Gasteiger partial charge in [0.1, 0.15) is 11.5 Å². The molecule has 0 saturated heterocycles. The molecule has 2 aromatic rings. The maximum atomic E-state index is 5.98. The van der Waals surface area contributed by atoms with E-state index in [-0.39, 0.29) is 0 Å². The lowest BCUT2D eigenvalue weighted by Gasteiger charge is -2.16. The van der Waals surface area contributed by atoms with Gasteiger partial charge in [-0.05, 0) is 36.1 Å². The molecule has 0 aromatic heterocycles. The predicted molar refractivity (Wildman–Crippen MR) is 93.6 cm³/mol.